The lowest BCUT2D eigenvalue weighted by molar-refractivity contribution is -0.139. The number of urea groups is 1. The maximum Gasteiger partial charge on any atom is 0.338 e. The minimum atomic E-state index is -0.685. The summed E-state index contributed by atoms with van der Waals surface area (Å²) in [7, 11) is 2.03. The van der Waals surface area contributed by atoms with E-state index in [4.69, 9.17) is 9.15 Å². The number of ether oxygens (including phenoxy) is 1. The number of hydrogen-bond donors (Lipinski definition) is 2. The molecule has 1 aromatic carbocycles. The molecule has 2 atom stereocenters. The summed E-state index contributed by atoms with van der Waals surface area (Å²) in [5.41, 5.74) is 3.60. The van der Waals surface area contributed by atoms with Crippen LogP contribution < -0.4 is 10.6 Å². The highest BCUT2D eigenvalue weighted by atomic mass is 16.5. The molecule has 1 aromatic heterocycles. The first-order valence-electron chi connectivity index (χ1n) is 10.4. The van der Waals surface area contributed by atoms with Crippen molar-refractivity contribution in [2.45, 2.75) is 38.3 Å². The van der Waals surface area contributed by atoms with Gasteiger partial charge in [0.05, 0.1) is 18.4 Å². The van der Waals surface area contributed by atoms with Crippen molar-refractivity contribution in [3.63, 3.8) is 0 Å². The lowest BCUT2D eigenvalue weighted by Gasteiger charge is -2.35. The van der Waals surface area contributed by atoms with Crippen LogP contribution in [0.3, 0.4) is 0 Å². The number of carbonyl (C=O) groups excluding carboxylic acids is 2. The average Bonchev–Trinajstić information content (AvgIpc) is 3.28. The van der Waals surface area contributed by atoms with Gasteiger partial charge in [-0.15, -0.1) is 0 Å². The molecule has 0 unspecified atom stereocenters. The Labute approximate surface area is 176 Å². The third-order valence-electron chi connectivity index (χ3n) is 5.75. The normalized spacial score (nSPS) is 21.1. The molecular formula is C23H27N3O4. The standard InChI is InChI=1S/C23H27N3O4/c1-3-29-22(27)20-17(24-23(28)25-21(20)19-12-7-13-30-19)14-26(2)18-11-6-9-15-8-4-5-10-16(15)18/h4-5,7-8,10,12-13,18,21H,3,6,9,11,14H2,1-2H3,(H2,24,25,28)/t18-,21+/m0/s1. The first kappa shape index (κ1) is 20.2. The number of carbonyl (C=O) groups is 2. The molecule has 2 heterocycles. The van der Waals surface area contributed by atoms with Gasteiger partial charge in [0.15, 0.2) is 0 Å². The van der Waals surface area contributed by atoms with E-state index in [1.54, 1.807) is 19.1 Å². The van der Waals surface area contributed by atoms with E-state index in [0.29, 0.717) is 23.6 Å². The van der Waals surface area contributed by atoms with Crippen LogP contribution in [0, 0.1) is 0 Å². The molecule has 0 bridgehead atoms. The van der Waals surface area contributed by atoms with Gasteiger partial charge < -0.3 is 19.8 Å². The molecule has 0 saturated carbocycles. The van der Waals surface area contributed by atoms with Crippen molar-refractivity contribution >= 4 is 12.0 Å². The Bertz CT molecular complexity index is 951. The minimum absolute atomic E-state index is 0.222. The molecule has 0 spiro atoms. The van der Waals surface area contributed by atoms with E-state index in [-0.39, 0.29) is 18.7 Å². The summed E-state index contributed by atoms with van der Waals surface area (Å²) in [6, 6.07) is 11.1. The van der Waals surface area contributed by atoms with Crippen LogP contribution in [0.2, 0.25) is 0 Å². The zero-order valence-electron chi connectivity index (χ0n) is 17.3. The van der Waals surface area contributed by atoms with Gasteiger partial charge in [0.1, 0.15) is 11.8 Å². The van der Waals surface area contributed by atoms with E-state index in [2.05, 4.69) is 39.8 Å². The largest absolute Gasteiger partial charge is 0.467 e. The summed E-state index contributed by atoms with van der Waals surface area (Å²) in [6.07, 6.45) is 4.75. The monoisotopic (exact) mass is 409 g/mol. The topological polar surface area (TPSA) is 83.8 Å². The van der Waals surface area contributed by atoms with Crippen molar-refractivity contribution in [3.8, 4) is 0 Å². The van der Waals surface area contributed by atoms with Crippen LogP contribution in [-0.2, 0) is 16.0 Å². The highest BCUT2D eigenvalue weighted by Crippen LogP contribution is 2.35. The number of esters is 1. The zero-order valence-corrected chi connectivity index (χ0v) is 17.3. The Morgan fingerprint density at radius 1 is 1.27 bits per heavy atom. The van der Waals surface area contributed by atoms with E-state index in [1.165, 1.54) is 17.4 Å². The molecule has 0 radical (unpaired) electrons. The van der Waals surface area contributed by atoms with Gasteiger partial charge in [0.25, 0.3) is 0 Å². The third kappa shape index (κ3) is 3.98. The van der Waals surface area contributed by atoms with Gasteiger partial charge in [-0.25, -0.2) is 9.59 Å². The average molecular weight is 409 g/mol. The van der Waals surface area contributed by atoms with Crippen molar-refractivity contribution in [1.82, 2.24) is 15.5 Å². The number of nitrogens with one attached hydrogen (secondary N) is 2. The van der Waals surface area contributed by atoms with Gasteiger partial charge >= 0.3 is 12.0 Å². The second kappa shape index (κ2) is 8.75. The van der Waals surface area contributed by atoms with Gasteiger partial charge in [0.2, 0.25) is 0 Å². The molecule has 4 rings (SSSR count). The Hall–Kier alpha value is -3.06. The van der Waals surface area contributed by atoms with Crippen LogP contribution in [0.4, 0.5) is 4.79 Å². The summed E-state index contributed by atoms with van der Waals surface area (Å²) in [6.45, 7) is 2.43. The summed E-state index contributed by atoms with van der Waals surface area (Å²) >= 11 is 0. The molecule has 2 aromatic rings. The number of furan rings is 1. The quantitative estimate of drug-likeness (QED) is 0.714. The molecule has 2 aliphatic rings. The van der Waals surface area contributed by atoms with Crippen molar-refractivity contribution < 1.29 is 18.7 Å². The molecule has 0 saturated heterocycles. The number of hydrogen-bond acceptors (Lipinski definition) is 5. The van der Waals surface area contributed by atoms with Crippen molar-refractivity contribution in [2.75, 3.05) is 20.2 Å². The van der Waals surface area contributed by atoms with E-state index >= 15 is 0 Å². The predicted octanol–water partition coefficient (Wildman–Crippen LogP) is 3.46. The Balaban J connectivity index is 1.68. The van der Waals surface area contributed by atoms with Crippen LogP contribution in [0.1, 0.15) is 48.7 Å². The number of amides is 2. The molecule has 1 aliphatic carbocycles. The lowest BCUT2D eigenvalue weighted by Crippen LogP contribution is -2.48. The molecule has 30 heavy (non-hydrogen) atoms. The first-order valence-corrected chi connectivity index (χ1v) is 10.4. The van der Waals surface area contributed by atoms with E-state index in [9.17, 15) is 9.59 Å². The minimum Gasteiger partial charge on any atom is -0.467 e. The first-order chi connectivity index (χ1) is 14.6. The smallest absolute Gasteiger partial charge is 0.338 e. The molecule has 1 aliphatic heterocycles. The van der Waals surface area contributed by atoms with E-state index < -0.39 is 12.0 Å². The van der Waals surface area contributed by atoms with Crippen molar-refractivity contribution in [1.29, 1.82) is 0 Å². The van der Waals surface area contributed by atoms with Crippen LogP contribution in [-0.4, -0.2) is 37.1 Å². The van der Waals surface area contributed by atoms with Crippen LogP contribution in [0.15, 0.2) is 58.3 Å². The molecule has 7 nitrogen and oxygen atoms in total. The molecule has 2 N–H and O–H groups in total. The van der Waals surface area contributed by atoms with Gasteiger partial charge in [-0.1, -0.05) is 24.3 Å². The Morgan fingerprint density at radius 3 is 2.87 bits per heavy atom. The summed E-state index contributed by atoms with van der Waals surface area (Å²) < 4.78 is 10.8. The summed E-state index contributed by atoms with van der Waals surface area (Å²) in [5.74, 6) is 0.0370. The molecule has 7 heteroatoms. The van der Waals surface area contributed by atoms with Crippen molar-refractivity contribution in [3.05, 3.63) is 70.8 Å². The lowest BCUT2D eigenvalue weighted by atomic mass is 9.87. The van der Waals surface area contributed by atoms with Crippen LogP contribution >= 0.6 is 0 Å². The van der Waals surface area contributed by atoms with E-state index in [0.717, 1.165) is 19.3 Å². The number of rotatable bonds is 6. The fourth-order valence-corrected chi connectivity index (χ4v) is 4.41. The summed E-state index contributed by atoms with van der Waals surface area (Å²) in [4.78, 5) is 27.4. The van der Waals surface area contributed by atoms with Crippen molar-refractivity contribution in [2.24, 2.45) is 0 Å². The van der Waals surface area contributed by atoms with Gasteiger partial charge in [-0.05, 0) is 56.5 Å². The van der Waals surface area contributed by atoms with Crippen LogP contribution in [0.5, 0.6) is 0 Å². The van der Waals surface area contributed by atoms with Gasteiger partial charge in [0, 0.05) is 18.3 Å². The molecule has 0 fully saturated rings. The maximum absolute atomic E-state index is 12.8. The Kier molecular flexibility index (Phi) is 5.90. The number of aryl methyl sites for hydroxylation is 1. The number of nitrogens with zero attached hydrogens (tertiary/aromatic N) is 1. The number of fused-ring (bicyclic) bond motifs is 1. The fraction of sp³-hybridized carbons (Fsp3) is 0.391. The zero-order chi connectivity index (χ0) is 21.1. The number of likely N-dealkylation sites (N-methyl/N-ethyl adjacent to an activating group) is 1. The maximum atomic E-state index is 12.8. The fourth-order valence-electron chi connectivity index (χ4n) is 4.41. The third-order valence-corrected chi connectivity index (χ3v) is 5.75. The predicted molar refractivity (Wildman–Crippen MR) is 112 cm³/mol. The van der Waals surface area contributed by atoms with Gasteiger partial charge in [-0.2, -0.15) is 0 Å². The molecule has 2 amide bonds. The van der Waals surface area contributed by atoms with Crippen LogP contribution in [0.25, 0.3) is 0 Å². The molecular weight excluding hydrogens is 382 g/mol. The number of benzene rings is 1. The molecule has 158 valence electrons. The van der Waals surface area contributed by atoms with Gasteiger partial charge in [-0.3, -0.25) is 4.90 Å². The SMILES string of the molecule is CCOC(=O)C1=C(CN(C)[C@H]2CCCc3ccccc32)NC(=O)N[C@@H]1c1ccco1. The highest BCUT2D eigenvalue weighted by Gasteiger charge is 2.36. The van der Waals surface area contributed by atoms with E-state index in [1.807, 2.05) is 7.05 Å². The second-order valence-electron chi connectivity index (χ2n) is 7.68. The second-order valence-corrected chi connectivity index (χ2v) is 7.68. The Morgan fingerprint density at radius 2 is 2.10 bits per heavy atom. The summed E-state index contributed by atoms with van der Waals surface area (Å²) in [5, 5.41) is 5.62. The highest BCUT2D eigenvalue weighted by molar-refractivity contribution is 5.95.